The zero-order valence-corrected chi connectivity index (χ0v) is 9.18. The Hall–Kier alpha value is -1.29. The Morgan fingerprint density at radius 3 is 3.00 bits per heavy atom. The van der Waals surface area contributed by atoms with Gasteiger partial charge in [0.25, 0.3) is 5.91 Å². The molecule has 4 heteroatoms. The van der Waals surface area contributed by atoms with Crippen molar-refractivity contribution in [2.45, 2.75) is 0 Å². The summed E-state index contributed by atoms with van der Waals surface area (Å²) in [5, 5.41) is 3.55. The predicted molar refractivity (Wildman–Crippen MR) is 59.4 cm³/mol. The van der Waals surface area contributed by atoms with E-state index in [2.05, 4.69) is 26.2 Å². The van der Waals surface area contributed by atoms with Gasteiger partial charge in [0.1, 0.15) is 0 Å². The van der Waals surface area contributed by atoms with E-state index in [-0.39, 0.29) is 5.91 Å². The summed E-state index contributed by atoms with van der Waals surface area (Å²) in [5.41, 5.74) is 1.64. The van der Waals surface area contributed by atoms with E-state index in [1.807, 2.05) is 24.4 Å². The van der Waals surface area contributed by atoms with Crippen LogP contribution >= 0.6 is 15.9 Å². The maximum Gasteiger partial charge on any atom is 0.251 e. The molecule has 2 N–H and O–H groups in total. The number of fused-ring (bicyclic) bond motifs is 1. The van der Waals surface area contributed by atoms with E-state index >= 15 is 0 Å². The van der Waals surface area contributed by atoms with Gasteiger partial charge in [0.15, 0.2) is 0 Å². The van der Waals surface area contributed by atoms with Crippen LogP contribution in [0.4, 0.5) is 0 Å². The molecule has 0 aliphatic carbocycles. The lowest BCUT2D eigenvalue weighted by Gasteiger charge is -2.02. The molecule has 0 bridgehead atoms. The first-order valence-electron chi connectivity index (χ1n) is 4.21. The summed E-state index contributed by atoms with van der Waals surface area (Å²) >= 11 is 3.37. The summed E-state index contributed by atoms with van der Waals surface area (Å²) in [6, 6.07) is 5.66. The highest BCUT2D eigenvalue weighted by molar-refractivity contribution is 9.10. The van der Waals surface area contributed by atoms with Gasteiger partial charge in [0, 0.05) is 34.2 Å². The Kier molecular flexibility index (Phi) is 2.29. The molecule has 0 radical (unpaired) electrons. The van der Waals surface area contributed by atoms with E-state index in [0.717, 1.165) is 15.4 Å². The summed E-state index contributed by atoms with van der Waals surface area (Å²) in [6.07, 6.45) is 1.82. The average molecular weight is 253 g/mol. The van der Waals surface area contributed by atoms with Crippen molar-refractivity contribution < 1.29 is 4.79 Å². The number of aromatic nitrogens is 1. The molecule has 14 heavy (non-hydrogen) atoms. The van der Waals surface area contributed by atoms with Crippen molar-refractivity contribution in [2.75, 3.05) is 7.05 Å². The maximum absolute atomic E-state index is 11.5. The molecular weight excluding hydrogens is 244 g/mol. The number of carbonyl (C=O) groups excluding carboxylic acids is 1. The van der Waals surface area contributed by atoms with Crippen LogP contribution in [0.2, 0.25) is 0 Å². The van der Waals surface area contributed by atoms with Gasteiger partial charge in [-0.15, -0.1) is 0 Å². The van der Waals surface area contributed by atoms with Gasteiger partial charge in [0.2, 0.25) is 0 Å². The number of aromatic amines is 1. The number of carbonyl (C=O) groups is 1. The molecule has 1 heterocycles. The fourth-order valence-corrected chi connectivity index (χ4v) is 1.91. The Labute approximate surface area is 89.6 Å². The minimum Gasteiger partial charge on any atom is -0.361 e. The molecular formula is C10H9BrN2O. The monoisotopic (exact) mass is 252 g/mol. The SMILES string of the molecule is CNC(=O)c1cc(Br)cc2[nH]ccc12. The van der Waals surface area contributed by atoms with Crippen LogP contribution in [0.15, 0.2) is 28.9 Å². The molecule has 2 rings (SSSR count). The fourth-order valence-electron chi connectivity index (χ4n) is 1.45. The predicted octanol–water partition coefficient (Wildman–Crippen LogP) is 2.29. The van der Waals surface area contributed by atoms with Crippen LogP contribution in [-0.4, -0.2) is 17.9 Å². The van der Waals surface area contributed by atoms with Gasteiger partial charge in [-0.2, -0.15) is 0 Å². The highest BCUT2D eigenvalue weighted by Gasteiger charge is 2.09. The van der Waals surface area contributed by atoms with Crippen molar-refractivity contribution in [2.24, 2.45) is 0 Å². The molecule has 72 valence electrons. The molecule has 0 atom stereocenters. The third-order valence-electron chi connectivity index (χ3n) is 2.11. The average Bonchev–Trinajstić information content (AvgIpc) is 2.62. The summed E-state index contributed by atoms with van der Waals surface area (Å²) in [7, 11) is 1.63. The van der Waals surface area contributed by atoms with E-state index in [0.29, 0.717) is 5.56 Å². The number of benzene rings is 1. The Bertz CT molecular complexity index is 490. The van der Waals surface area contributed by atoms with E-state index < -0.39 is 0 Å². The van der Waals surface area contributed by atoms with Gasteiger partial charge in [-0.1, -0.05) is 15.9 Å². The van der Waals surface area contributed by atoms with Gasteiger partial charge >= 0.3 is 0 Å². The van der Waals surface area contributed by atoms with Crippen LogP contribution in [0, 0.1) is 0 Å². The van der Waals surface area contributed by atoms with Crippen molar-refractivity contribution in [3.63, 3.8) is 0 Å². The largest absolute Gasteiger partial charge is 0.361 e. The number of amides is 1. The maximum atomic E-state index is 11.5. The van der Waals surface area contributed by atoms with Gasteiger partial charge < -0.3 is 10.3 Å². The second kappa shape index (κ2) is 3.46. The summed E-state index contributed by atoms with van der Waals surface area (Å²) in [6.45, 7) is 0. The Balaban J connectivity index is 2.72. The second-order valence-electron chi connectivity index (χ2n) is 2.97. The highest BCUT2D eigenvalue weighted by Crippen LogP contribution is 2.23. The summed E-state index contributed by atoms with van der Waals surface area (Å²) in [4.78, 5) is 14.6. The first-order valence-corrected chi connectivity index (χ1v) is 5.00. The van der Waals surface area contributed by atoms with Gasteiger partial charge in [-0.3, -0.25) is 4.79 Å². The van der Waals surface area contributed by atoms with Crippen molar-refractivity contribution >= 4 is 32.7 Å². The lowest BCUT2D eigenvalue weighted by molar-refractivity contribution is 0.0964. The third-order valence-corrected chi connectivity index (χ3v) is 2.56. The number of hydrogen-bond acceptors (Lipinski definition) is 1. The first-order chi connectivity index (χ1) is 6.72. The molecule has 0 unspecified atom stereocenters. The minimum atomic E-state index is -0.0732. The minimum absolute atomic E-state index is 0.0732. The third kappa shape index (κ3) is 1.42. The van der Waals surface area contributed by atoms with E-state index in [1.54, 1.807) is 7.05 Å². The molecule has 0 fully saturated rings. The van der Waals surface area contributed by atoms with Crippen LogP contribution < -0.4 is 5.32 Å². The molecule has 1 aromatic heterocycles. The first kappa shape index (κ1) is 9.27. The van der Waals surface area contributed by atoms with Crippen LogP contribution in [0.1, 0.15) is 10.4 Å². The molecule has 0 aliphatic rings. The number of hydrogen-bond donors (Lipinski definition) is 2. The zero-order chi connectivity index (χ0) is 10.1. The molecule has 3 nitrogen and oxygen atoms in total. The quantitative estimate of drug-likeness (QED) is 0.804. The molecule has 2 aromatic rings. The summed E-state index contributed by atoms with van der Waals surface area (Å²) in [5.74, 6) is -0.0732. The highest BCUT2D eigenvalue weighted by atomic mass is 79.9. The van der Waals surface area contributed by atoms with Crippen LogP contribution in [0.3, 0.4) is 0 Å². The topological polar surface area (TPSA) is 44.9 Å². The standard InChI is InChI=1S/C10H9BrN2O/c1-12-10(14)8-4-6(11)5-9-7(8)2-3-13-9/h2-5,13H,1H3,(H,12,14). The molecule has 0 spiro atoms. The number of H-pyrrole nitrogens is 1. The number of halogens is 1. The van der Waals surface area contributed by atoms with Gasteiger partial charge in [0.05, 0.1) is 0 Å². The van der Waals surface area contributed by atoms with Crippen LogP contribution in [-0.2, 0) is 0 Å². The van der Waals surface area contributed by atoms with E-state index in [9.17, 15) is 4.79 Å². The lowest BCUT2D eigenvalue weighted by Crippen LogP contribution is -2.17. The Morgan fingerprint density at radius 1 is 1.50 bits per heavy atom. The smallest absolute Gasteiger partial charge is 0.251 e. The molecule has 0 saturated carbocycles. The van der Waals surface area contributed by atoms with Gasteiger partial charge in [-0.05, 0) is 18.2 Å². The number of rotatable bonds is 1. The normalized spacial score (nSPS) is 10.4. The molecule has 1 amide bonds. The molecule has 0 saturated heterocycles. The number of nitrogens with one attached hydrogen (secondary N) is 2. The molecule has 0 aliphatic heterocycles. The zero-order valence-electron chi connectivity index (χ0n) is 7.60. The van der Waals surface area contributed by atoms with Crippen LogP contribution in [0.25, 0.3) is 10.9 Å². The van der Waals surface area contributed by atoms with Gasteiger partial charge in [-0.25, -0.2) is 0 Å². The lowest BCUT2D eigenvalue weighted by atomic mass is 10.1. The van der Waals surface area contributed by atoms with Crippen molar-refractivity contribution in [3.8, 4) is 0 Å². The Morgan fingerprint density at radius 2 is 2.29 bits per heavy atom. The fraction of sp³-hybridized carbons (Fsp3) is 0.100. The van der Waals surface area contributed by atoms with Crippen molar-refractivity contribution in [3.05, 3.63) is 34.4 Å². The summed E-state index contributed by atoms with van der Waals surface area (Å²) < 4.78 is 0.894. The van der Waals surface area contributed by atoms with Crippen LogP contribution in [0.5, 0.6) is 0 Å². The van der Waals surface area contributed by atoms with E-state index in [1.165, 1.54) is 0 Å². The van der Waals surface area contributed by atoms with Crippen molar-refractivity contribution in [1.29, 1.82) is 0 Å². The van der Waals surface area contributed by atoms with Crippen molar-refractivity contribution in [1.82, 2.24) is 10.3 Å². The van der Waals surface area contributed by atoms with E-state index in [4.69, 9.17) is 0 Å². The second-order valence-corrected chi connectivity index (χ2v) is 3.89. The molecule has 1 aromatic carbocycles.